The van der Waals surface area contributed by atoms with Gasteiger partial charge in [-0.05, 0) is 49.6 Å². The first-order valence-corrected chi connectivity index (χ1v) is 10.4. The molecule has 0 bridgehead atoms. The van der Waals surface area contributed by atoms with E-state index in [0.29, 0.717) is 0 Å². The SMILES string of the molecule is CCCC/C=C(/CCCC)[S+]1c2ccccc2Oc2ccccc21. The Hall–Kier alpha value is -1.67. The molecule has 0 unspecified atom stereocenters. The number of ether oxygens (including phenoxy) is 1. The van der Waals surface area contributed by atoms with Crippen LogP contribution in [-0.4, -0.2) is 0 Å². The number of para-hydroxylation sites is 2. The predicted octanol–water partition coefficient (Wildman–Crippen LogP) is 7.09. The summed E-state index contributed by atoms with van der Waals surface area (Å²) in [6.45, 7) is 4.54. The summed E-state index contributed by atoms with van der Waals surface area (Å²) in [4.78, 5) is 4.28. The fourth-order valence-corrected chi connectivity index (χ4v) is 5.52. The third-order valence-corrected chi connectivity index (χ3v) is 6.78. The molecule has 3 rings (SSSR count). The Morgan fingerprint density at radius 3 is 2.04 bits per heavy atom. The van der Waals surface area contributed by atoms with Crippen molar-refractivity contribution in [1.29, 1.82) is 0 Å². The van der Waals surface area contributed by atoms with Crippen LogP contribution in [0.15, 0.2) is 69.3 Å². The van der Waals surface area contributed by atoms with E-state index in [2.05, 4.69) is 68.5 Å². The summed E-state index contributed by atoms with van der Waals surface area (Å²) in [7, 11) is -0.00117. The molecule has 0 amide bonds. The molecule has 0 aliphatic carbocycles. The molecule has 1 aliphatic heterocycles. The van der Waals surface area contributed by atoms with Crippen LogP contribution in [0.3, 0.4) is 0 Å². The number of benzene rings is 2. The highest BCUT2D eigenvalue weighted by Crippen LogP contribution is 2.47. The first-order valence-electron chi connectivity index (χ1n) is 9.14. The van der Waals surface area contributed by atoms with Crippen molar-refractivity contribution in [3.05, 3.63) is 59.5 Å². The van der Waals surface area contributed by atoms with Crippen molar-refractivity contribution in [3.8, 4) is 11.5 Å². The molecule has 2 aromatic carbocycles. The van der Waals surface area contributed by atoms with Crippen LogP contribution >= 0.6 is 0 Å². The number of rotatable bonds is 7. The lowest BCUT2D eigenvalue weighted by molar-refractivity contribution is 0.453. The summed E-state index contributed by atoms with van der Waals surface area (Å²) in [6, 6.07) is 17.1. The van der Waals surface area contributed by atoms with Crippen molar-refractivity contribution in [2.24, 2.45) is 0 Å². The third kappa shape index (κ3) is 3.70. The Morgan fingerprint density at radius 1 is 0.875 bits per heavy atom. The van der Waals surface area contributed by atoms with Gasteiger partial charge in [0.25, 0.3) is 0 Å². The molecule has 2 aromatic rings. The van der Waals surface area contributed by atoms with Crippen molar-refractivity contribution in [2.45, 2.75) is 62.2 Å². The number of hydrogen-bond donors (Lipinski definition) is 0. The maximum absolute atomic E-state index is 6.17. The average molecular weight is 340 g/mol. The van der Waals surface area contributed by atoms with Gasteiger partial charge in [0.05, 0.1) is 0 Å². The van der Waals surface area contributed by atoms with Gasteiger partial charge in [-0.2, -0.15) is 0 Å². The molecule has 0 radical (unpaired) electrons. The normalized spacial score (nSPS) is 14.0. The lowest BCUT2D eigenvalue weighted by Crippen LogP contribution is -2.14. The van der Waals surface area contributed by atoms with Gasteiger partial charge in [0, 0.05) is 6.42 Å². The average Bonchev–Trinajstić information content (AvgIpc) is 2.63. The fraction of sp³-hybridized carbons (Fsp3) is 0.364. The molecular weight excluding hydrogens is 312 g/mol. The van der Waals surface area contributed by atoms with Gasteiger partial charge in [0.1, 0.15) is 15.8 Å². The zero-order chi connectivity index (χ0) is 16.8. The zero-order valence-electron chi connectivity index (χ0n) is 14.8. The molecule has 0 saturated carbocycles. The van der Waals surface area contributed by atoms with Gasteiger partial charge < -0.3 is 4.74 Å². The third-order valence-electron chi connectivity index (χ3n) is 4.33. The number of unbranched alkanes of at least 4 members (excludes halogenated alkanes) is 3. The number of allylic oxidation sites excluding steroid dienone is 2. The van der Waals surface area contributed by atoms with Crippen molar-refractivity contribution >= 4 is 10.9 Å². The number of hydrogen-bond acceptors (Lipinski definition) is 1. The molecular formula is C22H27OS+. The first kappa shape index (κ1) is 17.2. The summed E-state index contributed by atoms with van der Waals surface area (Å²) in [5.74, 6) is 2.05. The van der Waals surface area contributed by atoms with Crippen LogP contribution in [0.2, 0.25) is 0 Å². The van der Waals surface area contributed by atoms with Crippen LogP contribution in [0.4, 0.5) is 0 Å². The first-order chi connectivity index (χ1) is 11.8. The van der Waals surface area contributed by atoms with Crippen molar-refractivity contribution in [1.82, 2.24) is 0 Å². The van der Waals surface area contributed by atoms with Gasteiger partial charge in [-0.25, -0.2) is 0 Å². The molecule has 2 heteroatoms. The molecule has 1 heterocycles. The van der Waals surface area contributed by atoms with Gasteiger partial charge in [-0.3, -0.25) is 0 Å². The van der Waals surface area contributed by atoms with E-state index >= 15 is 0 Å². The van der Waals surface area contributed by atoms with Crippen molar-refractivity contribution in [2.75, 3.05) is 0 Å². The Labute approximate surface area is 149 Å². The highest BCUT2D eigenvalue weighted by Gasteiger charge is 2.39. The highest BCUT2D eigenvalue weighted by molar-refractivity contribution is 8.00. The van der Waals surface area contributed by atoms with E-state index in [4.69, 9.17) is 4.74 Å². The van der Waals surface area contributed by atoms with Crippen LogP contribution < -0.4 is 4.74 Å². The standard InChI is InChI=1S/C22H27OS/c1-3-5-7-13-18(12-6-4-2)24-21-16-10-8-14-19(21)23-20-15-9-11-17-22(20)24/h8-11,13-17H,3-7,12H2,1-2H3/q+1/b18-13-. The molecule has 0 saturated heterocycles. The monoisotopic (exact) mass is 339 g/mol. The Balaban J connectivity index is 2.04. The smallest absolute Gasteiger partial charge is 0.208 e. The maximum Gasteiger partial charge on any atom is 0.208 e. The van der Waals surface area contributed by atoms with E-state index in [1.807, 2.05) is 0 Å². The minimum absolute atomic E-state index is 0.00117. The fourth-order valence-electron chi connectivity index (χ4n) is 3.03. The minimum atomic E-state index is -0.00117. The Morgan fingerprint density at radius 2 is 1.46 bits per heavy atom. The molecule has 0 atom stereocenters. The quantitative estimate of drug-likeness (QED) is 0.386. The second kappa shape index (κ2) is 8.43. The van der Waals surface area contributed by atoms with E-state index in [-0.39, 0.29) is 10.9 Å². The van der Waals surface area contributed by atoms with Crippen LogP contribution in [0.25, 0.3) is 0 Å². The summed E-state index contributed by atoms with van der Waals surface area (Å²) < 4.78 is 6.17. The van der Waals surface area contributed by atoms with E-state index in [0.717, 1.165) is 11.5 Å². The molecule has 0 fully saturated rings. The van der Waals surface area contributed by atoms with Gasteiger partial charge in [-0.15, -0.1) is 0 Å². The van der Waals surface area contributed by atoms with Gasteiger partial charge >= 0.3 is 0 Å². The highest BCUT2D eigenvalue weighted by atomic mass is 32.2. The molecule has 1 aliphatic rings. The van der Waals surface area contributed by atoms with Gasteiger partial charge in [0.2, 0.25) is 9.79 Å². The Bertz CT molecular complexity index is 659. The van der Waals surface area contributed by atoms with Crippen LogP contribution in [0.1, 0.15) is 52.4 Å². The van der Waals surface area contributed by atoms with Crippen molar-refractivity contribution in [3.63, 3.8) is 0 Å². The summed E-state index contributed by atoms with van der Waals surface area (Å²) >= 11 is 0. The number of fused-ring (bicyclic) bond motifs is 2. The van der Waals surface area contributed by atoms with Crippen LogP contribution in [0, 0.1) is 0 Å². The molecule has 0 spiro atoms. The molecule has 0 aromatic heterocycles. The van der Waals surface area contributed by atoms with Gasteiger partial charge in [0.15, 0.2) is 11.5 Å². The van der Waals surface area contributed by atoms with Crippen LogP contribution in [-0.2, 0) is 10.9 Å². The second-order valence-corrected chi connectivity index (χ2v) is 8.23. The topological polar surface area (TPSA) is 9.23 Å². The van der Waals surface area contributed by atoms with Crippen LogP contribution in [0.5, 0.6) is 11.5 Å². The maximum atomic E-state index is 6.17. The van der Waals surface area contributed by atoms with E-state index in [1.54, 1.807) is 4.91 Å². The molecule has 0 N–H and O–H groups in total. The molecule has 126 valence electrons. The minimum Gasteiger partial charge on any atom is -0.447 e. The lowest BCUT2D eigenvalue weighted by atomic mass is 10.2. The van der Waals surface area contributed by atoms with E-state index in [1.165, 1.54) is 48.3 Å². The summed E-state index contributed by atoms with van der Waals surface area (Å²) in [5.41, 5.74) is 0. The second-order valence-electron chi connectivity index (χ2n) is 6.22. The molecule has 24 heavy (non-hydrogen) atoms. The Kier molecular flexibility index (Phi) is 6.03. The molecule has 1 nitrogen and oxygen atoms in total. The summed E-state index contributed by atoms with van der Waals surface area (Å²) in [5, 5.41) is 0. The lowest BCUT2D eigenvalue weighted by Gasteiger charge is -2.21. The zero-order valence-corrected chi connectivity index (χ0v) is 15.6. The van der Waals surface area contributed by atoms with Crippen molar-refractivity contribution < 1.29 is 4.74 Å². The summed E-state index contributed by atoms with van der Waals surface area (Å²) in [6.07, 6.45) is 9.90. The largest absolute Gasteiger partial charge is 0.447 e. The predicted molar refractivity (Wildman–Crippen MR) is 104 cm³/mol. The van der Waals surface area contributed by atoms with E-state index in [9.17, 15) is 0 Å². The van der Waals surface area contributed by atoms with Gasteiger partial charge in [-0.1, -0.05) is 51.0 Å². The van der Waals surface area contributed by atoms with E-state index < -0.39 is 0 Å².